The van der Waals surface area contributed by atoms with Gasteiger partial charge in [-0.05, 0) is 68.5 Å². The number of amides is 3. The van der Waals surface area contributed by atoms with Crippen LogP contribution in [0.4, 0.5) is 0 Å². The molecule has 3 rings (SSSR count). The number of carbonyl (C=O) groups is 4. The highest BCUT2D eigenvalue weighted by atomic mass is 16.4. The Hall–Kier alpha value is -4.42. The number of nitrogens with two attached hydrogens (primary N) is 2. The summed E-state index contributed by atoms with van der Waals surface area (Å²) in [4.78, 5) is 53.9. The lowest BCUT2D eigenvalue weighted by Gasteiger charge is -2.25. The fourth-order valence-corrected chi connectivity index (χ4v) is 4.40. The molecular weight excluding hydrogens is 528 g/mol. The Morgan fingerprint density at radius 1 is 0.878 bits per heavy atom. The van der Waals surface area contributed by atoms with E-state index in [2.05, 4.69) is 20.9 Å². The molecule has 0 aliphatic rings. The third-order valence-corrected chi connectivity index (χ3v) is 6.77. The van der Waals surface area contributed by atoms with Gasteiger partial charge >= 0.3 is 5.97 Å². The molecule has 0 aliphatic carbocycles. The molecule has 0 spiro atoms. The molecule has 4 atom stereocenters. The molecule has 2 aromatic carbocycles. The Kier molecular flexibility index (Phi) is 11.2. The highest BCUT2D eigenvalue weighted by Crippen LogP contribution is 2.19. The molecule has 0 fully saturated rings. The van der Waals surface area contributed by atoms with Crippen molar-refractivity contribution in [3.05, 3.63) is 65.9 Å². The number of hydrogen-bond donors (Lipinski definition) is 8. The molecule has 220 valence electrons. The number of H-pyrrole nitrogens is 1. The summed E-state index contributed by atoms with van der Waals surface area (Å²) in [6, 6.07) is 9.51. The first kappa shape index (κ1) is 31.1. The number of fused-ring (bicyclic) bond motifs is 1. The van der Waals surface area contributed by atoms with Crippen molar-refractivity contribution in [2.75, 3.05) is 6.54 Å². The van der Waals surface area contributed by atoms with Crippen molar-refractivity contribution in [3.8, 4) is 5.75 Å². The summed E-state index contributed by atoms with van der Waals surface area (Å²) in [5, 5.41) is 27.5. The molecule has 12 nitrogen and oxygen atoms in total. The summed E-state index contributed by atoms with van der Waals surface area (Å²) in [6.07, 6.45) is 3.41. The molecule has 12 heteroatoms. The number of benzene rings is 2. The minimum Gasteiger partial charge on any atom is -0.508 e. The van der Waals surface area contributed by atoms with Crippen LogP contribution in [-0.4, -0.2) is 69.6 Å². The van der Waals surface area contributed by atoms with Crippen LogP contribution in [0.1, 0.15) is 37.3 Å². The van der Waals surface area contributed by atoms with Gasteiger partial charge in [0.1, 0.15) is 23.9 Å². The second-order valence-electron chi connectivity index (χ2n) is 10.0. The standard InChI is InChI=1S/C29H38N6O6/c1-17(29(40)41)33-27(38)24(8-4-5-13-30)34-28(39)25(14-18-9-11-20(36)12-10-18)35-26(37)22(31)15-19-16-32-23-7-3-2-6-21(19)23/h2-3,6-7,9-12,16-17,22,24-25,32,36H,4-5,8,13-15,30-31H2,1H3,(H,33,38)(H,34,39)(H,35,37)(H,40,41). The number of carboxylic acids is 1. The maximum absolute atomic E-state index is 13.5. The minimum absolute atomic E-state index is 0.0451. The van der Waals surface area contributed by atoms with E-state index in [1.54, 1.807) is 18.3 Å². The average molecular weight is 567 g/mol. The number of unbranched alkanes of at least 4 members (excludes halogenated alkanes) is 1. The maximum Gasteiger partial charge on any atom is 0.325 e. The van der Waals surface area contributed by atoms with E-state index in [-0.39, 0.29) is 25.0 Å². The molecule has 4 unspecified atom stereocenters. The number of para-hydroxylation sites is 1. The zero-order valence-corrected chi connectivity index (χ0v) is 22.9. The largest absolute Gasteiger partial charge is 0.508 e. The first-order valence-electron chi connectivity index (χ1n) is 13.5. The lowest BCUT2D eigenvalue weighted by molar-refractivity contribution is -0.141. The summed E-state index contributed by atoms with van der Waals surface area (Å²) < 4.78 is 0. The normalized spacial score (nSPS) is 14.0. The van der Waals surface area contributed by atoms with E-state index >= 15 is 0 Å². The van der Waals surface area contributed by atoms with E-state index in [0.29, 0.717) is 24.9 Å². The van der Waals surface area contributed by atoms with Gasteiger partial charge in [0.05, 0.1) is 6.04 Å². The van der Waals surface area contributed by atoms with Gasteiger partial charge in [0.2, 0.25) is 17.7 Å². The van der Waals surface area contributed by atoms with Crippen LogP contribution in [0.5, 0.6) is 5.75 Å². The van der Waals surface area contributed by atoms with Crippen LogP contribution in [0.2, 0.25) is 0 Å². The van der Waals surface area contributed by atoms with Crippen molar-refractivity contribution >= 4 is 34.6 Å². The van der Waals surface area contributed by atoms with Gasteiger partial charge in [0.25, 0.3) is 0 Å². The number of rotatable bonds is 15. The summed E-state index contributed by atoms with van der Waals surface area (Å²) >= 11 is 0. The van der Waals surface area contributed by atoms with E-state index in [0.717, 1.165) is 16.5 Å². The van der Waals surface area contributed by atoms with Crippen LogP contribution < -0.4 is 27.4 Å². The second-order valence-corrected chi connectivity index (χ2v) is 10.0. The molecule has 41 heavy (non-hydrogen) atoms. The first-order chi connectivity index (χ1) is 19.6. The quantitative estimate of drug-likeness (QED) is 0.122. The van der Waals surface area contributed by atoms with E-state index in [1.165, 1.54) is 19.1 Å². The van der Waals surface area contributed by atoms with Crippen molar-refractivity contribution in [1.29, 1.82) is 0 Å². The number of aromatic amines is 1. The van der Waals surface area contributed by atoms with Gasteiger partial charge in [-0.25, -0.2) is 0 Å². The highest BCUT2D eigenvalue weighted by molar-refractivity contribution is 5.94. The highest BCUT2D eigenvalue weighted by Gasteiger charge is 2.29. The minimum atomic E-state index is -1.22. The number of phenolic OH excluding ortho intramolecular Hbond substituents is 1. The zero-order chi connectivity index (χ0) is 29.9. The van der Waals surface area contributed by atoms with Gasteiger partial charge in [0.15, 0.2) is 0 Å². The van der Waals surface area contributed by atoms with Crippen LogP contribution in [0.3, 0.4) is 0 Å². The Bertz CT molecular complexity index is 1340. The number of aliphatic carboxylic acids is 1. The van der Waals surface area contributed by atoms with Crippen LogP contribution >= 0.6 is 0 Å². The summed E-state index contributed by atoms with van der Waals surface area (Å²) in [5.41, 5.74) is 14.2. The first-order valence-corrected chi connectivity index (χ1v) is 13.5. The van der Waals surface area contributed by atoms with E-state index in [9.17, 15) is 29.4 Å². The van der Waals surface area contributed by atoms with Gasteiger partial charge in [-0.2, -0.15) is 0 Å². The van der Waals surface area contributed by atoms with E-state index in [1.807, 2.05) is 24.3 Å². The van der Waals surface area contributed by atoms with Crippen molar-refractivity contribution in [2.24, 2.45) is 11.5 Å². The van der Waals surface area contributed by atoms with Crippen molar-refractivity contribution < 1.29 is 29.4 Å². The second kappa shape index (κ2) is 14.8. The third-order valence-electron chi connectivity index (χ3n) is 6.77. The van der Waals surface area contributed by atoms with Crippen LogP contribution in [0.15, 0.2) is 54.7 Å². The average Bonchev–Trinajstić information content (AvgIpc) is 3.35. The van der Waals surface area contributed by atoms with Crippen LogP contribution in [0, 0.1) is 0 Å². The SMILES string of the molecule is CC(NC(=O)C(CCCCN)NC(=O)C(Cc1ccc(O)cc1)NC(=O)C(N)Cc1c[nH]c2ccccc12)C(=O)O. The van der Waals surface area contributed by atoms with Gasteiger partial charge < -0.3 is 42.6 Å². The third kappa shape index (κ3) is 9.05. The Morgan fingerprint density at radius 2 is 1.54 bits per heavy atom. The molecule has 0 radical (unpaired) electrons. The zero-order valence-electron chi connectivity index (χ0n) is 22.9. The lowest BCUT2D eigenvalue weighted by atomic mass is 10.0. The van der Waals surface area contributed by atoms with Gasteiger partial charge in [-0.15, -0.1) is 0 Å². The molecule has 1 heterocycles. The summed E-state index contributed by atoms with van der Waals surface area (Å²) in [5.74, 6) is -3.02. The Morgan fingerprint density at radius 3 is 2.22 bits per heavy atom. The molecule has 3 amide bonds. The van der Waals surface area contributed by atoms with Gasteiger partial charge in [-0.3, -0.25) is 19.2 Å². The van der Waals surface area contributed by atoms with Crippen molar-refractivity contribution in [3.63, 3.8) is 0 Å². The predicted octanol–water partition coefficient (Wildman–Crippen LogP) is 0.674. The fourth-order valence-electron chi connectivity index (χ4n) is 4.40. The summed E-state index contributed by atoms with van der Waals surface area (Å²) in [7, 11) is 0. The van der Waals surface area contributed by atoms with Crippen molar-refractivity contribution in [2.45, 2.75) is 63.2 Å². The molecule has 10 N–H and O–H groups in total. The maximum atomic E-state index is 13.5. The molecule has 0 bridgehead atoms. The lowest BCUT2D eigenvalue weighted by Crippen LogP contribution is -2.57. The number of carboxylic acid groups (broad SMARTS) is 1. The number of nitrogens with one attached hydrogen (secondary N) is 4. The van der Waals surface area contributed by atoms with Gasteiger partial charge in [-0.1, -0.05) is 30.3 Å². The number of carbonyl (C=O) groups excluding carboxylic acids is 3. The van der Waals surface area contributed by atoms with Crippen LogP contribution in [-0.2, 0) is 32.0 Å². The number of aromatic hydroxyl groups is 1. The molecular formula is C29H38N6O6. The molecule has 0 saturated heterocycles. The molecule has 0 aliphatic heterocycles. The Labute approximate surface area is 237 Å². The van der Waals surface area contributed by atoms with Crippen LogP contribution in [0.25, 0.3) is 10.9 Å². The summed E-state index contributed by atoms with van der Waals surface area (Å²) in [6.45, 7) is 1.71. The monoisotopic (exact) mass is 566 g/mol. The Balaban J connectivity index is 1.77. The smallest absolute Gasteiger partial charge is 0.325 e. The van der Waals surface area contributed by atoms with E-state index in [4.69, 9.17) is 11.5 Å². The fraction of sp³-hybridized carbons (Fsp3) is 0.379. The number of hydrogen-bond acceptors (Lipinski definition) is 7. The number of phenols is 1. The predicted molar refractivity (Wildman–Crippen MR) is 154 cm³/mol. The number of aromatic nitrogens is 1. The molecule has 0 saturated carbocycles. The molecule has 3 aromatic rings. The van der Waals surface area contributed by atoms with Gasteiger partial charge in [0, 0.05) is 23.5 Å². The molecule has 1 aromatic heterocycles. The van der Waals surface area contributed by atoms with E-state index < -0.39 is 47.9 Å². The topological polar surface area (TPSA) is 213 Å². The van der Waals surface area contributed by atoms with Crippen molar-refractivity contribution in [1.82, 2.24) is 20.9 Å².